The monoisotopic (exact) mass is 249 g/mol. The van der Waals surface area contributed by atoms with Crippen LogP contribution in [0.5, 0.6) is 0 Å². The second-order valence-electron chi connectivity index (χ2n) is 3.82. The highest BCUT2D eigenvalue weighted by Crippen LogP contribution is 2.21. The molecule has 17 heavy (non-hydrogen) atoms. The number of benzene rings is 1. The minimum Gasteiger partial charge on any atom is -0.307 e. The minimum absolute atomic E-state index is 0.244. The zero-order valence-corrected chi connectivity index (χ0v) is 10.3. The summed E-state index contributed by atoms with van der Waals surface area (Å²) >= 11 is 6.08. The summed E-state index contributed by atoms with van der Waals surface area (Å²) in [7, 11) is 0. The van der Waals surface area contributed by atoms with E-state index in [0.29, 0.717) is 16.4 Å². The number of carbonyl (C=O) groups excluding carboxylic acids is 1. The predicted molar refractivity (Wildman–Crippen MR) is 67.5 cm³/mol. The summed E-state index contributed by atoms with van der Waals surface area (Å²) in [4.78, 5) is 12.0. The summed E-state index contributed by atoms with van der Waals surface area (Å²) in [5.41, 5.74) is 2.21. The molecule has 5 heteroatoms. The quantitative estimate of drug-likeness (QED) is 0.860. The highest BCUT2D eigenvalue weighted by atomic mass is 35.5. The number of hydrogen-bond acceptors (Lipinski definition) is 2. The summed E-state index contributed by atoms with van der Waals surface area (Å²) < 4.78 is 0. The molecule has 2 N–H and O–H groups in total. The van der Waals surface area contributed by atoms with Crippen molar-refractivity contribution in [3.05, 3.63) is 46.1 Å². The molecule has 0 fully saturated rings. The van der Waals surface area contributed by atoms with Gasteiger partial charge >= 0.3 is 0 Å². The lowest BCUT2D eigenvalue weighted by atomic mass is 10.1. The number of rotatable bonds is 2. The van der Waals surface area contributed by atoms with Crippen LogP contribution in [0.4, 0.5) is 5.82 Å². The number of H-pyrrole nitrogens is 1. The Kier molecular flexibility index (Phi) is 3.15. The fourth-order valence-corrected chi connectivity index (χ4v) is 1.69. The van der Waals surface area contributed by atoms with Crippen LogP contribution in [0, 0.1) is 13.8 Å². The predicted octanol–water partition coefficient (Wildman–Crippen LogP) is 2.93. The van der Waals surface area contributed by atoms with E-state index in [1.54, 1.807) is 18.3 Å². The van der Waals surface area contributed by atoms with Crippen molar-refractivity contribution >= 4 is 23.3 Å². The number of anilines is 1. The van der Waals surface area contributed by atoms with Crippen LogP contribution < -0.4 is 5.32 Å². The van der Waals surface area contributed by atoms with Gasteiger partial charge in [0.2, 0.25) is 0 Å². The van der Waals surface area contributed by atoms with Crippen molar-refractivity contribution in [1.29, 1.82) is 0 Å². The zero-order chi connectivity index (χ0) is 12.4. The Bertz CT molecular complexity index is 563. The van der Waals surface area contributed by atoms with Gasteiger partial charge in [-0.2, -0.15) is 5.10 Å². The molecule has 4 nitrogen and oxygen atoms in total. The molecule has 0 aliphatic rings. The molecule has 2 aromatic rings. The molecule has 0 aliphatic heterocycles. The van der Waals surface area contributed by atoms with E-state index in [2.05, 4.69) is 15.5 Å². The first-order valence-electron chi connectivity index (χ1n) is 5.16. The maximum Gasteiger partial charge on any atom is 0.258 e. The Morgan fingerprint density at radius 3 is 2.76 bits per heavy atom. The minimum atomic E-state index is -0.244. The molecule has 0 radical (unpaired) electrons. The normalized spacial score (nSPS) is 10.3. The third-order valence-corrected chi connectivity index (χ3v) is 3.01. The summed E-state index contributed by atoms with van der Waals surface area (Å²) in [5, 5.41) is 9.76. The standard InChI is InChI=1S/C12H12ClN3O/c1-7-4-3-5-9(10(7)13)12(17)15-11-8(2)6-14-16-11/h3-6H,1-2H3,(H2,14,15,16,17). The molecule has 0 spiro atoms. The molecule has 1 aromatic heterocycles. The van der Waals surface area contributed by atoms with Gasteiger partial charge in [0.05, 0.1) is 16.8 Å². The van der Waals surface area contributed by atoms with Gasteiger partial charge in [0, 0.05) is 5.56 Å². The van der Waals surface area contributed by atoms with E-state index < -0.39 is 0 Å². The van der Waals surface area contributed by atoms with E-state index >= 15 is 0 Å². The molecule has 88 valence electrons. The number of carbonyl (C=O) groups is 1. The number of halogens is 1. The molecule has 0 atom stereocenters. The first-order chi connectivity index (χ1) is 8.09. The summed E-state index contributed by atoms with van der Waals surface area (Å²) in [6.45, 7) is 3.72. The van der Waals surface area contributed by atoms with Crippen molar-refractivity contribution in [2.24, 2.45) is 0 Å². The highest BCUT2D eigenvalue weighted by molar-refractivity contribution is 6.35. The molecule has 1 aromatic carbocycles. The largest absolute Gasteiger partial charge is 0.307 e. The van der Waals surface area contributed by atoms with Crippen molar-refractivity contribution in [3.8, 4) is 0 Å². The second-order valence-corrected chi connectivity index (χ2v) is 4.20. The first-order valence-corrected chi connectivity index (χ1v) is 5.54. The third kappa shape index (κ3) is 2.31. The third-order valence-electron chi connectivity index (χ3n) is 2.50. The van der Waals surface area contributed by atoms with Gasteiger partial charge in [0.25, 0.3) is 5.91 Å². The molecule has 0 saturated carbocycles. The van der Waals surface area contributed by atoms with E-state index in [9.17, 15) is 4.79 Å². The first kappa shape index (κ1) is 11.7. The van der Waals surface area contributed by atoms with Gasteiger partial charge in [-0.05, 0) is 25.5 Å². The number of aromatic amines is 1. The maximum atomic E-state index is 12.0. The average molecular weight is 250 g/mol. The van der Waals surface area contributed by atoms with Crippen LogP contribution in [0.25, 0.3) is 0 Å². The van der Waals surface area contributed by atoms with Crippen molar-refractivity contribution in [2.45, 2.75) is 13.8 Å². The van der Waals surface area contributed by atoms with Crippen LogP contribution in [0.3, 0.4) is 0 Å². The van der Waals surface area contributed by atoms with Gasteiger partial charge < -0.3 is 5.32 Å². The van der Waals surface area contributed by atoms with Crippen LogP contribution in [0.2, 0.25) is 5.02 Å². The zero-order valence-electron chi connectivity index (χ0n) is 9.54. The smallest absolute Gasteiger partial charge is 0.258 e. The molecule has 0 unspecified atom stereocenters. The Hall–Kier alpha value is -1.81. The molecular formula is C12H12ClN3O. The topological polar surface area (TPSA) is 57.8 Å². The molecule has 1 heterocycles. The van der Waals surface area contributed by atoms with Crippen LogP contribution in [0.1, 0.15) is 21.5 Å². The van der Waals surface area contributed by atoms with Crippen LogP contribution in [-0.2, 0) is 0 Å². The Labute approximate surface area is 104 Å². The van der Waals surface area contributed by atoms with E-state index in [4.69, 9.17) is 11.6 Å². The summed E-state index contributed by atoms with van der Waals surface area (Å²) in [5.74, 6) is 0.346. The SMILES string of the molecule is Cc1cn[nH]c1NC(=O)c1cccc(C)c1Cl. The van der Waals surface area contributed by atoms with E-state index in [0.717, 1.165) is 11.1 Å². The average Bonchev–Trinajstić information content (AvgIpc) is 2.68. The van der Waals surface area contributed by atoms with Gasteiger partial charge in [-0.25, -0.2) is 0 Å². The van der Waals surface area contributed by atoms with Crippen LogP contribution >= 0.6 is 11.6 Å². The molecule has 0 saturated heterocycles. The van der Waals surface area contributed by atoms with Crippen LogP contribution in [-0.4, -0.2) is 16.1 Å². The van der Waals surface area contributed by atoms with Crippen molar-refractivity contribution < 1.29 is 4.79 Å². The molecule has 0 aliphatic carbocycles. The molecule has 0 bridgehead atoms. The van der Waals surface area contributed by atoms with Crippen molar-refractivity contribution in [2.75, 3.05) is 5.32 Å². The number of amides is 1. The lowest BCUT2D eigenvalue weighted by Crippen LogP contribution is -2.13. The van der Waals surface area contributed by atoms with Gasteiger partial charge in [-0.3, -0.25) is 9.89 Å². The van der Waals surface area contributed by atoms with Crippen LogP contribution in [0.15, 0.2) is 24.4 Å². The Morgan fingerprint density at radius 1 is 1.35 bits per heavy atom. The lowest BCUT2D eigenvalue weighted by molar-refractivity contribution is 0.102. The maximum absolute atomic E-state index is 12.0. The molecule has 1 amide bonds. The summed E-state index contributed by atoms with van der Waals surface area (Å²) in [6.07, 6.45) is 1.65. The molecule has 2 rings (SSSR count). The van der Waals surface area contributed by atoms with E-state index in [1.165, 1.54) is 0 Å². The lowest BCUT2D eigenvalue weighted by Gasteiger charge is -2.07. The van der Waals surface area contributed by atoms with Gasteiger partial charge in [-0.15, -0.1) is 0 Å². The number of aromatic nitrogens is 2. The number of nitrogens with zero attached hydrogens (tertiary/aromatic N) is 1. The van der Waals surface area contributed by atoms with E-state index in [1.807, 2.05) is 19.9 Å². The Morgan fingerprint density at radius 2 is 2.12 bits per heavy atom. The molecular weight excluding hydrogens is 238 g/mol. The highest BCUT2D eigenvalue weighted by Gasteiger charge is 2.13. The summed E-state index contributed by atoms with van der Waals surface area (Å²) in [6, 6.07) is 5.35. The number of nitrogens with one attached hydrogen (secondary N) is 2. The Balaban J connectivity index is 2.27. The van der Waals surface area contributed by atoms with Gasteiger partial charge in [0.15, 0.2) is 0 Å². The van der Waals surface area contributed by atoms with Gasteiger partial charge in [0.1, 0.15) is 5.82 Å². The number of hydrogen-bond donors (Lipinski definition) is 2. The van der Waals surface area contributed by atoms with Crippen molar-refractivity contribution in [3.63, 3.8) is 0 Å². The van der Waals surface area contributed by atoms with Crippen molar-refractivity contribution in [1.82, 2.24) is 10.2 Å². The number of aryl methyl sites for hydroxylation is 2. The van der Waals surface area contributed by atoms with Gasteiger partial charge in [-0.1, -0.05) is 23.7 Å². The fourth-order valence-electron chi connectivity index (χ4n) is 1.48. The fraction of sp³-hybridized carbons (Fsp3) is 0.167. The second kappa shape index (κ2) is 4.59. The van der Waals surface area contributed by atoms with E-state index in [-0.39, 0.29) is 5.91 Å².